The minimum atomic E-state index is -4.32. The molecule has 2 rings (SSSR count). The van der Waals surface area contributed by atoms with Crippen LogP contribution in [-0.4, -0.2) is 55.7 Å². The molecule has 1 aliphatic rings. The average molecular weight is 348 g/mol. The number of amides is 1. The maximum atomic E-state index is 12.2. The van der Waals surface area contributed by atoms with Gasteiger partial charge < -0.3 is 10.1 Å². The highest BCUT2D eigenvalue weighted by Gasteiger charge is 2.29. The van der Waals surface area contributed by atoms with Crippen molar-refractivity contribution in [3.63, 3.8) is 0 Å². The molecule has 0 radical (unpaired) electrons. The molecule has 8 heteroatoms. The third-order valence-electron chi connectivity index (χ3n) is 3.39. The molecule has 1 aliphatic heterocycles. The molecule has 0 saturated carbocycles. The van der Waals surface area contributed by atoms with Crippen LogP contribution in [0.25, 0.3) is 0 Å². The van der Waals surface area contributed by atoms with Gasteiger partial charge >= 0.3 is 5.51 Å². The van der Waals surface area contributed by atoms with Crippen LogP contribution in [0.1, 0.15) is 16.8 Å². The second kappa shape index (κ2) is 8.56. The van der Waals surface area contributed by atoms with Crippen LogP contribution >= 0.6 is 11.8 Å². The number of benzene rings is 1. The van der Waals surface area contributed by atoms with Gasteiger partial charge in [-0.05, 0) is 49.0 Å². The van der Waals surface area contributed by atoms with E-state index in [0.717, 1.165) is 39.3 Å². The summed E-state index contributed by atoms with van der Waals surface area (Å²) in [6.45, 7) is 4.74. The zero-order valence-electron chi connectivity index (χ0n) is 12.6. The fraction of sp³-hybridized carbons (Fsp3) is 0.533. The number of rotatable bonds is 6. The summed E-state index contributed by atoms with van der Waals surface area (Å²) in [6, 6.07) is 5.43. The highest BCUT2D eigenvalue weighted by Crippen LogP contribution is 2.36. The van der Waals surface area contributed by atoms with Gasteiger partial charge in [0.1, 0.15) is 0 Å². The first-order valence-corrected chi connectivity index (χ1v) is 8.20. The van der Waals surface area contributed by atoms with Gasteiger partial charge in [-0.3, -0.25) is 9.69 Å². The van der Waals surface area contributed by atoms with E-state index in [0.29, 0.717) is 12.1 Å². The van der Waals surface area contributed by atoms with Crippen molar-refractivity contribution >= 4 is 17.7 Å². The number of carbonyl (C=O) groups is 1. The standard InChI is InChI=1S/C15H19F3N2O2S/c16-15(17,18)23-13-4-2-12(3-5-13)14(21)19-6-1-7-20-8-10-22-11-9-20/h2-5H,1,6-11H2,(H,19,21). The molecule has 1 fully saturated rings. The van der Waals surface area contributed by atoms with Crippen LogP contribution in [-0.2, 0) is 4.74 Å². The lowest BCUT2D eigenvalue weighted by Gasteiger charge is -2.26. The molecule has 4 nitrogen and oxygen atoms in total. The smallest absolute Gasteiger partial charge is 0.379 e. The summed E-state index contributed by atoms with van der Waals surface area (Å²) in [7, 11) is 0. The highest BCUT2D eigenvalue weighted by atomic mass is 32.2. The summed E-state index contributed by atoms with van der Waals surface area (Å²) < 4.78 is 42.0. The van der Waals surface area contributed by atoms with E-state index in [1.807, 2.05) is 0 Å². The van der Waals surface area contributed by atoms with E-state index >= 15 is 0 Å². The van der Waals surface area contributed by atoms with E-state index in [4.69, 9.17) is 4.74 Å². The summed E-state index contributed by atoms with van der Waals surface area (Å²) in [4.78, 5) is 14.3. The molecular weight excluding hydrogens is 329 g/mol. The number of carbonyl (C=O) groups excluding carboxylic acids is 1. The van der Waals surface area contributed by atoms with Gasteiger partial charge in [-0.2, -0.15) is 13.2 Å². The summed E-state index contributed by atoms with van der Waals surface area (Å²) >= 11 is -0.189. The monoisotopic (exact) mass is 348 g/mol. The van der Waals surface area contributed by atoms with Crippen molar-refractivity contribution < 1.29 is 22.7 Å². The average Bonchev–Trinajstić information content (AvgIpc) is 2.51. The van der Waals surface area contributed by atoms with Crippen LogP contribution in [0.2, 0.25) is 0 Å². The van der Waals surface area contributed by atoms with Gasteiger partial charge in [0.05, 0.1) is 13.2 Å². The Morgan fingerprint density at radius 2 is 1.87 bits per heavy atom. The maximum Gasteiger partial charge on any atom is 0.446 e. The largest absolute Gasteiger partial charge is 0.446 e. The van der Waals surface area contributed by atoms with Gasteiger partial charge in [0.2, 0.25) is 0 Å². The Morgan fingerprint density at radius 3 is 2.48 bits per heavy atom. The Hall–Kier alpha value is -1.25. The molecule has 0 atom stereocenters. The predicted molar refractivity (Wildman–Crippen MR) is 82.6 cm³/mol. The Balaban J connectivity index is 1.70. The quantitative estimate of drug-likeness (QED) is 0.634. The van der Waals surface area contributed by atoms with Crippen molar-refractivity contribution in [2.45, 2.75) is 16.8 Å². The van der Waals surface area contributed by atoms with Gasteiger partial charge in [-0.25, -0.2) is 0 Å². The van der Waals surface area contributed by atoms with E-state index in [1.54, 1.807) is 0 Å². The van der Waals surface area contributed by atoms with Crippen molar-refractivity contribution in [2.24, 2.45) is 0 Å². The molecule has 0 unspecified atom stereocenters. The first-order valence-electron chi connectivity index (χ1n) is 7.38. The number of halogens is 3. The molecule has 1 saturated heterocycles. The first kappa shape index (κ1) is 18.1. The number of hydrogen-bond donors (Lipinski definition) is 1. The Kier molecular flexibility index (Phi) is 6.73. The minimum absolute atomic E-state index is 0.0707. The summed E-state index contributed by atoms with van der Waals surface area (Å²) in [5.41, 5.74) is -3.95. The van der Waals surface area contributed by atoms with Crippen LogP contribution in [0.5, 0.6) is 0 Å². The molecule has 1 heterocycles. The zero-order valence-corrected chi connectivity index (χ0v) is 13.4. The number of hydrogen-bond acceptors (Lipinski definition) is 4. The van der Waals surface area contributed by atoms with Crippen LogP contribution < -0.4 is 5.32 Å². The Bertz CT molecular complexity index is 502. The number of alkyl halides is 3. The van der Waals surface area contributed by atoms with Crippen molar-refractivity contribution in [3.05, 3.63) is 29.8 Å². The fourth-order valence-corrected chi connectivity index (χ4v) is 2.78. The number of nitrogens with one attached hydrogen (secondary N) is 1. The SMILES string of the molecule is O=C(NCCCN1CCOCC1)c1ccc(SC(F)(F)F)cc1. The van der Waals surface area contributed by atoms with Crippen molar-refractivity contribution in [3.8, 4) is 0 Å². The zero-order chi connectivity index (χ0) is 16.7. The summed E-state index contributed by atoms with van der Waals surface area (Å²) in [5, 5.41) is 2.78. The molecule has 1 N–H and O–H groups in total. The molecular formula is C15H19F3N2O2S. The minimum Gasteiger partial charge on any atom is -0.379 e. The summed E-state index contributed by atoms with van der Waals surface area (Å²) in [5.74, 6) is -0.268. The number of morpholine rings is 1. The molecule has 0 aliphatic carbocycles. The number of ether oxygens (including phenoxy) is 1. The molecule has 128 valence electrons. The number of thioether (sulfide) groups is 1. The Morgan fingerprint density at radius 1 is 1.22 bits per heavy atom. The lowest BCUT2D eigenvalue weighted by atomic mass is 10.2. The van der Waals surface area contributed by atoms with E-state index in [2.05, 4.69) is 10.2 Å². The van der Waals surface area contributed by atoms with Gasteiger partial charge in [0.15, 0.2) is 0 Å². The molecule has 1 amide bonds. The third kappa shape index (κ3) is 6.80. The second-order valence-corrected chi connectivity index (χ2v) is 6.27. The van der Waals surface area contributed by atoms with E-state index in [-0.39, 0.29) is 22.6 Å². The molecule has 1 aromatic carbocycles. The predicted octanol–water partition coefficient (Wildman–Crippen LogP) is 2.75. The lowest BCUT2D eigenvalue weighted by molar-refractivity contribution is -0.0328. The van der Waals surface area contributed by atoms with Gasteiger partial charge in [-0.15, -0.1) is 0 Å². The first-order chi connectivity index (χ1) is 10.9. The van der Waals surface area contributed by atoms with E-state index in [9.17, 15) is 18.0 Å². The van der Waals surface area contributed by atoms with Crippen LogP contribution in [0, 0.1) is 0 Å². The van der Waals surface area contributed by atoms with Crippen molar-refractivity contribution in [1.82, 2.24) is 10.2 Å². The van der Waals surface area contributed by atoms with Crippen molar-refractivity contribution in [2.75, 3.05) is 39.4 Å². The van der Waals surface area contributed by atoms with Gasteiger partial charge in [0.25, 0.3) is 5.91 Å². The molecule has 1 aromatic rings. The summed E-state index contributed by atoms with van der Waals surface area (Å²) in [6.07, 6.45) is 0.827. The van der Waals surface area contributed by atoms with Gasteiger partial charge in [0, 0.05) is 30.1 Å². The van der Waals surface area contributed by atoms with Crippen LogP contribution in [0.15, 0.2) is 29.2 Å². The Labute approximate surface area is 137 Å². The second-order valence-electron chi connectivity index (χ2n) is 5.14. The van der Waals surface area contributed by atoms with Gasteiger partial charge in [-0.1, -0.05) is 0 Å². The maximum absolute atomic E-state index is 12.2. The van der Waals surface area contributed by atoms with Crippen molar-refractivity contribution in [1.29, 1.82) is 0 Å². The molecule has 0 bridgehead atoms. The van der Waals surface area contributed by atoms with Crippen LogP contribution in [0.3, 0.4) is 0 Å². The molecule has 0 spiro atoms. The van der Waals surface area contributed by atoms with Crippen LogP contribution in [0.4, 0.5) is 13.2 Å². The highest BCUT2D eigenvalue weighted by molar-refractivity contribution is 8.00. The number of nitrogens with zero attached hydrogens (tertiary/aromatic N) is 1. The molecule has 0 aromatic heterocycles. The normalized spacial score (nSPS) is 16.3. The van der Waals surface area contributed by atoms with E-state index < -0.39 is 5.51 Å². The molecule has 23 heavy (non-hydrogen) atoms. The topological polar surface area (TPSA) is 41.6 Å². The van der Waals surface area contributed by atoms with E-state index in [1.165, 1.54) is 24.3 Å². The fourth-order valence-electron chi connectivity index (χ4n) is 2.24. The lowest BCUT2D eigenvalue weighted by Crippen LogP contribution is -2.38. The third-order valence-corrected chi connectivity index (χ3v) is 4.13.